The summed E-state index contributed by atoms with van der Waals surface area (Å²) in [6, 6.07) is 9.92. The molecule has 1 aromatic carbocycles. The van der Waals surface area contributed by atoms with E-state index in [1.54, 1.807) is 7.05 Å². The number of benzene rings is 1. The zero-order valence-corrected chi connectivity index (χ0v) is 15.6. The molecule has 0 saturated heterocycles. The lowest BCUT2D eigenvalue weighted by Gasteiger charge is -2.18. The first-order valence-corrected chi connectivity index (χ1v) is 9.52. The van der Waals surface area contributed by atoms with Crippen molar-refractivity contribution in [2.45, 2.75) is 50.5 Å². The van der Waals surface area contributed by atoms with E-state index in [1.165, 1.54) is 12.8 Å². The smallest absolute Gasteiger partial charge is 0.306 e. The van der Waals surface area contributed by atoms with Gasteiger partial charge in [0.15, 0.2) is 5.96 Å². The summed E-state index contributed by atoms with van der Waals surface area (Å²) < 4.78 is 5.45. The number of aliphatic hydroxyl groups is 1. The van der Waals surface area contributed by atoms with Gasteiger partial charge in [-0.1, -0.05) is 30.3 Å². The van der Waals surface area contributed by atoms with Gasteiger partial charge >= 0.3 is 5.97 Å². The predicted octanol–water partition coefficient (Wildman–Crippen LogP) is 2.19. The second-order valence-electron chi connectivity index (χ2n) is 6.67. The van der Waals surface area contributed by atoms with Crippen LogP contribution >= 0.6 is 0 Å². The molecule has 0 aromatic heterocycles. The zero-order valence-electron chi connectivity index (χ0n) is 15.6. The molecular weight excluding hydrogens is 330 g/mol. The standard InChI is InChI=1S/C20H31N3O3/c1-21-20(23-14-17(15-24)16-8-3-2-4-9-16)22-13-7-12-19(25)26-18-10-5-6-11-18/h2-4,8-9,17-18,24H,5-7,10-15H2,1H3,(H2,21,22,23). The van der Waals surface area contributed by atoms with Crippen LogP contribution in [0.15, 0.2) is 35.3 Å². The van der Waals surface area contributed by atoms with Crippen molar-refractivity contribution in [3.05, 3.63) is 35.9 Å². The molecule has 6 heteroatoms. The molecule has 1 atom stereocenters. The predicted molar refractivity (Wildman–Crippen MR) is 103 cm³/mol. The van der Waals surface area contributed by atoms with Crippen LogP contribution in [0.25, 0.3) is 0 Å². The van der Waals surface area contributed by atoms with Gasteiger partial charge < -0.3 is 20.5 Å². The van der Waals surface area contributed by atoms with Crippen LogP contribution in [0.2, 0.25) is 0 Å². The Hall–Kier alpha value is -2.08. The summed E-state index contributed by atoms with van der Waals surface area (Å²) in [5.41, 5.74) is 1.09. The third-order valence-electron chi connectivity index (χ3n) is 4.68. The number of hydrogen-bond acceptors (Lipinski definition) is 4. The number of esters is 1. The van der Waals surface area contributed by atoms with Gasteiger partial charge in [-0.3, -0.25) is 9.79 Å². The number of carbonyl (C=O) groups is 1. The lowest BCUT2D eigenvalue weighted by molar-refractivity contribution is -0.148. The minimum Gasteiger partial charge on any atom is -0.462 e. The SMILES string of the molecule is CN=C(NCCCC(=O)OC1CCCC1)NCC(CO)c1ccccc1. The fraction of sp³-hybridized carbons (Fsp3) is 0.600. The Bertz CT molecular complexity index is 557. The normalized spacial score (nSPS) is 16.3. The number of carbonyl (C=O) groups excluding carboxylic acids is 1. The molecule has 1 unspecified atom stereocenters. The van der Waals surface area contributed by atoms with E-state index in [2.05, 4.69) is 15.6 Å². The van der Waals surface area contributed by atoms with Crippen LogP contribution in [0, 0.1) is 0 Å². The summed E-state index contributed by atoms with van der Waals surface area (Å²) in [4.78, 5) is 16.0. The van der Waals surface area contributed by atoms with Crippen LogP contribution in [0.3, 0.4) is 0 Å². The lowest BCUT2D eigenvalue weighted by Crippen LogP contribution is -2.40. The van der Waals surface area contributed by atoms with Crippen molar-refractivity contribution in [1.29, 1.82) is 0 Å². The van der Waals surface area contributed by atoms with E-state index in [0.717, 1.165) is 18.4 Å². The molecule has 2 rings (SSSR count). The minimum atomic E-state index is -0.105. The second kappa shape index (κ2) is 11.5. The molecule has 1 aliphatic carbocycles. The van der Waals surface area contributed by atoms with Gasteiger partial charge in [-0.2, -0.15) is 0 Å². The Balaban J connectivity index is 1.63. The van der Waals surface area contributed by atoms with Crippen molar-refractivity contribution in [1.82, 2.24) is 10.6 Å². The summed E-state index contributed by atoms with van der Waals surface area (Å²) >= 11 is 0. The molecule has 0 aliphatic heterocycles. The number of rotatable bonds is 9. The summed E-state index contributed by atoms with van der Waals surface area (Å²) in [5, 5.41) is 16.0. The van der Waals surface area contributed by atoms with E-state index >= 15 is 0 Å². The molecule has 26 heavy (non-hydrogen) atoms. The molecule has 0 spiro atoms. The van der Waals surface area contributed by atoms with Crippen LogP contribution in [0.1, 0.15) is 50.0 Å². The molecule has 0 heterocycles. The summed E-state index contributed by atoms with van der Waals surface area (Å²) in [6.07, 6.45) is 5.61. The third kappa shape index (κ3) is 7.04. The minimum absolute atomic E-state index is 0.0103. The number of nitrogens with zero attached hydrogens (tertiary/aromatic N) is 1. The quantitative estimate of drug-likeness (QED) is 0.272. The topological polar surface area (TPSA) is 83.0 Å². The number of aliphatic imine (C=N–C) groups is 1. The van der Waals surface area contributed by atoms with Gasteiger partial charge in [0.2, 0.25) is 0 Å². The van der Waals surface area contributed by atoms with E-state index in [-0.39, 0.29) is 24.6 Å². The van der Waals surface area contributed by atoms with Crippen LogP contribution in [-0.2, 0) is 9.53 Å². The average molecular weight is 361 g/mol. The van der Waals surface area contributed by atoms with Crippen molar-refractivity contribution in [2.24, 2.45) is 4.99 Å². The van der Waals surface area contributed by atoms with Gasteiger partial charge in [0.05, 0.1) is 6.61 Å². The highest BCUT2D eigenvalue weighted by Crippen LogP contribution is 2.21. The first kappa shape index (κ1) is 20.2. The van der Waals surface area contributed by atoms with Crippen LogP contribution < -0.4 is 10.6 Å². The maximum atomic E-state index is 11.8. The van der Waals surface area contributed by atoms with Crippen molar-refractivity contribution in [3.63, 3.8) is 0 Å². The molecule has 1 saturated carbocycles. The monoisotopic (exact) mass is 361 g/mol. The van der Waals surface area contributed by atoms with Crippen molar-refractivity contribution in [2.75, 3.05) is 26.7 Å². The number of guanidine groups is 1. The summed E-state index contributed by atoms with van der Waals surface area (Å²) in [6.45, 7) is 1.31. The van der Waals surface area contributed by atoms with Gasteiger partial charge in [0.25, 0.3) is 0 Å². The number of nitrogens with one attached hydrogen (secondary N) is 2. The molecule has 0 bridgehead atoms. The van der Waals surface area contributed by atoms with Crippen molar-refractivity contribution >= 4 is 11.9 Å². The van der Waals surface area contributed by atoms with Crippen molar-refractivity contribution < 1.29 is 14.6 Å². The van der Waals surface area contributed by atoms with E-state index in [4.69, 9.17) is 4.74 Å². The molecule has 0 amide bonds. The Morgan fingerprint density at radius 1 is 1.27 bits per heavy atom. The molecule has 3 N–H and O–H groups in total. The second-order valence-corrected chi connectivity index (χ2v) is 6.67. The van der Waals surface area contributed by atoms with E-state index in [9.17, 15) is 9.90 Å². The summed E-state index contributed by atoms with van der Waals surface area (Å²) in [5.74, 6) is 0.575. The first-order chi connectivity index (χ1) is 12.7. The number of hydrogen-bond donors (Lipinski definition) is 3. The van der Waals surface area contributed by atoms with Gasteiger partial charge in [-0.25, -0.2) is 0 Å². The van der Waals surface area contributed by atoms with Crippen molar-refractivity contribution in [3.8, 4) is 0 Å². The number of aliphatic hydroxyl groups excluding tert-OH is 1. The van der Waals surface area contributed by atoms with Crippen LogP contribution in [-0.4, -0.2) is 49.9 Å². The van der Waals surface area contributed by atoms with Crippen LogP contribution in [0.4, 0.5) is 0 Å². The Kier molecular flexibility index (Phi) is 8.96. The molecule has 1 aromatic rings. The number of ether oxygens (including phenoxy) is 1. The third-order valence-corrected chi connectivity index (χ3v) is 4.68. The molecule has 1 fully saturated rings. The Morgan fingerprint density at radius 2 is 2.00 bits per heavy atom. The van der Waals surface area contributed by atoms with Gasteiger partial charge in [0.1, 0.15) is 6.10 Å². The lowest BCUT2D eigenvalue weighted by atomic mass is 10.0. The van der Waals surface area contributed by atoms with E-state index in [0.29, 0.717) is 31.9 Å². The highest BCUT2D eigenvalue weighted by molar-refractivity contribution is 5.79. The molecular formula is C20H31N3O3. The van der Waals surface area contributed by atoms with Gasteiger partial charge in [-0.05, 0) is 37.7 Å². The molecule has 0 radical (unpaired) electrons. The Morgan fingerprint density at radius 3 is 2.65 bits per heavy atom. The highest BCUT2D eigenvalue weighted by atomic mass is 16.5. The largest absolute Gasteiger partial charge is 0.462 e. The fourth-order valence-electron chi connectivity index (χ4n) is 3.14. The first-order valence-electron chi connectivity index (χ1n) is 9.52. The van der Waals surface area contributed by atoms with Crippen LogP contribution in [0.5, 0.6) is 0 Å². The van der Waals surface area contributed by atoms with Gasteiger partial charge in [0, 0.05) is 32.5 Å². The average Bonchev–Trinajstić information content (AvgIpc) is 3.17. The van der Waals surface area contributed by atoms with Gasteiger partial charge in [-0.15, -0.1) is 0 Å². The maximum absolute atomic E-state index is 11.8. The van der Waals surface area contributed by atoms with E-state index in [1.807, 2.05) is 30.3 Å². The Labute approximate surface area is 156 Å². The fourth-order valence-corrected chi connectivity index (χ4v) is 3.14. The molecule has 1 aliphatic rings. The van der Waals surface area contributed by atoms with E-state index < -0.39 is 0 Å². The molecule has 144 valence electrons. The highest BCUT2D eigenvalue weighted by Gasteiger charge is 2.18. The zero-order chi connectivity index (χ0) is 18.6. The molecule has 6 nitrogen and oxygen atoms in total. The summed E-state index contributed by atoms with van der Waals surface area (Å²) in [7, 11) is 1.71. The maximum Gasteiger partial charge on any atom is 0.306 e.